The van der Waals surface area contributed by atoms with Crippen molar-refractivity contribution in [3.8, 4) is 11.4 Å². The van der Waals surface area contributed by atoms with E-state index in [0.29, 0.717) is 0 Å². The Morgan fingerprint density at radius 2 is 2.04 bits per heavy atom. The molecule has 0 radical (unpaired) electrons. The number of aromatic nitrogens is 3. The van der Waals surface area contributed by atoms with Crippen LogP contribution in [-0.4, -0.2) is 64.0 Å². The van der Waals surface area contributed by atoms with Crippen LogP contribution in [0.25, 0.3) is 5.69 Å². The zero-order valence-corrected chi connectivity index (χ0v) is 13.5. The van der Waals surface area contributed by atoms with Gasteiger partial charge in [-0.15, -0.1) is 5.10 Å². The molecule has 1 aliphatic heterocycles. The number of carbonyl (C=O) groups excluding carboxylic acids is 1. The fourth-order valence-corrected chi connectivity index (χ4v) is 2.70. The minimum Gasteiger partial charge on any atom is -0.497 e. The predicted octanol–water partition coefficient (Wildman–Crippen LogP) is 0.940. The lowest BCUT2D eigenvalue weighted by Crippen LogP contribution is -2.47. The Morgan fingerprint density at radius 1 is 1.26 bits per heavy atom. The van der Waals surface area contributed by atoms with E-state index in [4.69, 9.17) is 4.74 Å². The molecule has 1 amide bonds. The highest BCUT2D eigenvalue weighted by atomic mass is 16.5. The van der Waals surface area contributed by atoms with Crippen molar-refractivity contribution in [1.82, 2.24) is 24.8 Å². The maximum Gasteiger partial charge on any atom is 0.219 e. The number of hydrogen-bond acceptors (Lipinski definition) is 5. The average Bonchev–Trinajstić information content (AvgIpc) is 3.04. The fraction of sp³-hybridized carbons (Fsp3) is 0.438. The molecule has 1 fully saturated rings. The molecule has 1 aromatic heterocycles. The van der Waals surface area contributed by atoms with Crippen LogP contribution in [-0.2, 0) is 11.3 Å². The molecule has 2 heterocycles. The highest BCUT2D eigenvalue weighted by Gasteiger charge is 2.19. The van der Waals surface area contributed by atoms with E-state index in [1.165, 1.54) is 0 Å². The summed E-state index contributed by atoms with van der Waals surface area (Å²) in [6.07, 6.45) is 1.94. The molecule has 1 aromatic carbocycles. The summed E-state index contributed by atoms with van der Waals surface area (Å²) in [5, 5.41) is 8.44. The summed E-state index contributed by atoms with van der Waals surface area (Å²) in [4.78, 5) is 15.5. The summed E-state index contributed by atoms with van der Waals surface area (Å²) in [6, 6.07) is 7.71. The summed E-state index contributed by atoms with van der Waals surface area (Å²) in [6.45, 7) is 5.65. The van der Waals surface area contributed by atoms with E-state index < -0.39 is 0 Å². The maximum atomic E-state index is 11.3. The number of rotatable bonds is 4. The molecule has 1 saturated heterocycles. The van der Waals surface area contributed by atoms with Crippen molar-refractivity contribution in [2.24, 2.45) is 0 Å². The molecule has 122 valence electrons. The molecular weight excluding hydrogens is 294 g/mol. The summed E-state index contributed by atoms with van der Waals surface area (Å²) >= 11 is 0. The van der Waals surface area contributed by atoms with Gasteiger partial charge in [-0.1, -0.05) is 11.3 Å². The number of amides is 1. The first-order chi connectivity index (χ1) is 11.2. The molecule has 0 saturated carbocycles. The van der Waals surface area contributed by atoms with Crippen molar-refractivity contribution in [2.75, 3.05) is 33.3 Å². The van der Waals surface area contributed by atoms with Crippen LogP contribution in [0, 0.1) is 0 Å². The average molecular weight is 315 g/mol. The van der Waals surface area contributed by atoms with Gasteiger partial charge in [0.15, 0.2) is 0 Å². The van der Waals surface area contributed by atoms with E-state index in [1.54, 1.807) is 18.7 Å². The third-order valence-electron chi connectivity index (χ3n) is 4.06. The zero-order chi connectivity index (χ0) is 16.2. The molecule has 1 aliphatic rings. The van der Waals surface area contributed by atoms with Gasteiger partial charge in [-0.05, 0) is 12.1 Å². The van der Waals surface area contributed by atoms with Crippen LogP contribution in [0.1, 0.15) is 12.6 Å². The van der Waals surface area contributed by atoms with Crippen molar-refractivity contribution >= 4 is 5.91 Å². The number of piperazine rings is 1. The van der Waals surface area contributed by atoms with E-state index >= 15 is 0 Å². The summed E-state index contributed by atoms with van der Waals surface area (Å²) in [5.74, 6) is 0.938. The molecule has 23 heavy (non-hydrogen) atoms. The molecule has 2 aromatic rings. The second-order valence-corrected chi connectivity index (χ2v) is 5.64. The summed E-state index contributed by atoms with van der Waals surface area (Å²) in [7, 11) is 1.65. The van der Waals surface area contributed by atoms with Crippen LogP contribution in [0.2, 0.25) is 0 Å². The molecule has 0 atom stereocenters. The van der Waals surface area contributed by atoms with E-state index in [1.807, 2.05) is 35.4 Å². The van der Waals surface area contributed by atoms with E-state index in [9.17, 15) is 4.79 Å². The van der Waals surface area contributed by atoms with Gasteiger partial charge >= 0.3 is 0 Å². The monoisotopic (exact) mass is 315 g/mol. The minimum absolute atomic E-state index is 0.147. The Morgan fingerprint density at radius 3 is 2.74 bits per heavy atom. The van der Waals surface area contributed by atoms with Gasteiger partial charge in [-0.3, -0.25) is 9.69 Å². The maximum absolute atomic E-state index is 11.3. The third-order valence-corrected chi connectivity index (χ3v) is 4.06. The Balaban J connectivity index is 1.62. The Hall–Kier alpha value is -2.41. The first-order valence-electron chi connectivity index (χ1n) is 7.69. The number of benzene rings is 1. The topological polar surface area (TPSA) is 63.5 Å². The van der Waals surface area contributed by atoms with E-state index in [2.05, 4.69) is 15.2 Å². The van der Waals surface area contributed by atoms with Gasteiger partial charge in [0.05, 0.1) is 24.7 Å². The molecular formula is C16H21N5O2. The summed E-state index contributed by atoms with van der Waals surface area (Å²) < 4.78 is 6.99. The van der Waals surface area contributed by atoms with Crippen LogP contribution in [0.3, 0.4) is 0 Å². The minimum atomic E-state index is 0.147. The van der Waals surface area contributed by atoms with Gasteiger partial charge in [-0.2, -0.15) is 0 Å². The standard InChI is InChI=1S/C16H21N5O2/c1-13(22)20-8-6-19(7-9-20)11-14-12-21(18-17-14)15-4-3-5-16(10-15)23-2/h3-5,10,12H,6-9,11H2,1-2H3. The highest BCUT2D eigenvalue weighted by molar-refractivity contribution is 5.73. The lowest BCUT2D eigenvalue weighted by atomic mass is 10.3. The molecule has 0 unspecified atom stereocenters. The quantitative estimate of drug-likeness (QED) is 0.840. The number of hydrogen-bond donors (Lipinski definition) is 0. The van der Waals surface area contributed by atoms with Crippen LogP contribution < -0.4 is 4.74 Å². The van der Waals surface area contributed by atoms with Gasteiger partial charge in [0.25, 0.3) is 0 Å². The third kappa shape index (κ3) is 3.68. The highest BCUT2D eigenvalue weighted by Crippen LogP contribution is 2.16. The van der Waals surface area contributed by atoms with Gasteiger partial charge < -0.3 is 9.64 Å². The van der Waals surface area contributed by atoms with E-state index in [0.717, 1.165) is 49.9 Å². The molecule has 7 heteroatoms. The first-order valence-corrected chi connectivity index (χ1v) is 7.69. The Bertz CT molecular complexity index is 677. The van der Waals surface area contributed by atoms with Crippen molar-refractivity contribution in [2.45, 2.75) is 13.5 Å². The fourth-order valence-electron chi connectivity index (χ4n) is 2.70. The van der Waals surface area contributed by atoms with Crippen molar-refractivity contribution in [3.63, 3.8) is 0 Å². The normalized spacial score (nSPS) is 15.7. The SMILES string of the molecule is COc1cccc(-n2cc(CN3CCN(C(C)=O)CC3)nn2)c1. The zero-order valence-electron chi connectivity index (χ0n) is 13.5. The molecule has 3 rings (SSSR count). The number of ether oxygens (including phenoxy) is 1. The molecule has 0 spiro atoms. The Labute approximate surface area is 135 Å². The molecule has 0 N–H and O–H groups in total. The lowest BCUT2D eigenvalue weighted by Gasteiger charge is -2.33. The van der Waals surface area contributed by atoms with Crippen molar-refractivity contribution in [1.29, 1.82) is 0 Å². The van der Waals surface area contributed by atoms with Crippen molar-refractivity contribution < 1.29 is 9.53 Å². The van der Waals surface area contributed by atoms with Crippen molar-refractivity contribution in [3.05, 3.63) is 36.2 Å². The van der Waals surface area contributed by atoms with Crippen LogP contribution in [0.15, 0.2) is 30.5 Å². The van der Waals surface area contributed by atoms with Crippen LogP contribution in [0.5, 0.6) is 5.75 Å². The second kappa shape index (κ2) is 6.78. The smallest absolute Gasteiger partial charge is 0.219 e. The Kier molecular flexibility index (Phi) is 4.57. The van der Waals surface area contributed by atoms with E-state index in [-0.39, 0.29) is 5.91 Å². The summed E-state index contributed by atoms with van der Waals surface area (Å²) in [5.41, 5.74) is 1.84. The second-order valence-electron chi connectivity index (χ2n) is 5.64. The molecule has 0 aliphatic carbocycles. The van der Waals surface area contributed by atoms with Crippen LogP contribution in [0.4, 0.5) is 0 Å². The lowest BCUT2D eigenvalue weighted by molar-refractivity contribution is -0.130. The van der Waals surface area contributed by atoms with Gasteiger partial charge in [0, 0.05) is 45.7 Å². The predicted molar refractivity (Wildman–Crippen MR) is 85.4 cm³/mol. The molecule has 7 nitrogen and oxygen atoms in total. The van der Waals surface area contributed by atoms with Crippen LogP contribution >= 0.6 is 0 Å². The number of methoxy groups -OCH3 is 1. The molecule has 0 bridgehead atoms. The largest absolute Gasteiger partial charge is 0.497 e. The first kappa shape index (κ1) is 15.5. The van der Waals surface area contributed by atoms with Gasteiger partial charge in [-0.25, -0.2) is 4.68 Å². The van der Waals surface area contributed by atoms with Gasteiger partial charge in [0.1, 0.15) is 5.75 Å². The van der Waals surface area contributed by atoms with Gasteiger partial charge in [0.2, 0.25) is 5.91 Å². The number of carbonyl (C=O) groups is 1. The number of nitrogens with zero attached hydrogens (tertiary/aromatic N) is 5.